The summed E-state index contributed by atoms with van der Waals surface area (Å²) >= 11 is 0. The quantitative estimate of drug-likeness (QED) is 0.331. The Kier molecular flexibility index (Phi) is 9.63. The minimum atomic E-state index is -4.12. The highest BCUT2D eigenvalue weighted by molar-refractivity contribution is 7.92. The minimum absolute atomic E-state index is 0.0178. The van der Waals surface area contributed by atoms with Crippen molar-refractivity contribution < 1.29 is 27.4 Å². The third-order valence-electron chi connectivity index (χ3n) is 5.95. The molecule has 3 aromatic rings. The summed E-state index contributed by atoms with van der Waals surface area (Å²) in [4.78, 5) is 12.9. The molecule has 9 heteroatoms. The van der Waals surface area contributed by atoms with Gasteiger partial charge in [-0.05, 0) is 66.8 Å². The molecule has 0 heterocycles. The number of anilines is 1. The topological polar surface area (TPSA) is 94.2 Å². The third-order valence-corrected chi connectivity index (χ3v) is 7.72. The Morgan fingerprint density at radius 1 is 0.895 bits per heavy atom. The SMILES string of the molecule is COc1ccc(S(=O)(=O)N(CC(=O)NCCOc2ccccc2C(C)C)c2cc(C)cc(C)c2)cc1OC. The maximum absolute atomic E-state index is 13.8. The molecule has 0 unspecified atom stereocenters. The molecule has 0 bridgehead atoms. The maximum Gasteiger partial charge on any atom is 0.264 e. The van der Waals surface area contributed by atoms with Crippen LogP contribution in [-0.4, -0.2) is 48.2 Å². The van der Waals surface area contributed by atoms with Gasteiger partial charge in [0.1, 0.15) is 18.9 Å². The van der Waals surface area contributed by atoms with Gasteiger partial charge in [0, 0.05) is 6.07 Å². The van der Waals surface area contributed by atoms with Crippen molar-refractivity contribution in [1.82, 2.24) is 5.32 Å². The number of amides is 1. The third kappa shape index (κ3) is 6.98. The van der Waals surface area contributed by atoms with E-state index in [0.29, 0.717) is 17.4 Å². The van der Waals surface area contributed by atoms with Crippen LogP contribution in [0.2, 0.25) is 0 Å². The molecule has 3 rings (SSSR count). The molecule has 1 amide bonds. The fraction of sp³-hybridized carbons (Fsp3) is 0.345. The van der Waals surface area contributed by atoms with E-state index in [4.69, 9.17) is 14.2 Å². The monoisotopic (exact) mass is 540 g/mol. The Bertz CT molecular complexity index is 1350. The van der Waals surface area contributed by atoms with Crippen LogP contribution in [0, 0.1) is 13.8 Å². The Labute approximate surface area is 225 Å². The zero-order valence-electron chi connectivity index (χ0n) is 22.8. The number of rotatable bonds is 12. The zero-order chi connectivity index (χ0) is 27.9. The predicted octanol–water partition coefficient (Wildman–Crippen LogP) is 4.83. The predicted molar refractivity (Wildman–Crippen MR) is 149 cm³/mol. The number of hydrogen-bond donors (Lipinski definition) is 1. The summed E-state index contributed by atoms with van der Waals surface area (Å²) in [6, 6.07) is 17.6. The van der Waals surface area contributed by atoms with Crippen LogP contribution in [0.4, 0.5) is 5.69 Å². The van der Waals surface area contributed by atoms with Gasteiger partial charge >= 0.3 is 0 Å². The fourth-order valence-corrected chi connectivity index (χ4v) is 5.56. The van der Waals surface area contributed by atoms with Crippen LogP contribution in [0.5, 0.6) is 17.2 Å². The lowest BCUT2D eigenvalue weighted by molar-refractivity contribution is -0.119. The molecular formula is C29H36N2O6S. The highest BCUT2D eigenvalue weighted by Crippen LogP contribution is 2.32. The summed E-state index contributed by atoms with van der Waals surface area (Å²) in [5, 5.41) is 2.78. The van der Waals surface area contributed by atoms with E-state index in [-0.39, 0.29) is 23.8 Å². The van der Waals surface area contributed by atoms with Gasteiger partial charge in [-0.1, -0.05) is 38.1 Å². The zero-order valence-corrected chi connectivity index (χ0v) is 23.6. The van der Waals surface area contributed by atoms with Gasteiger partial charge in [0.2, 0.25) is 5.91 Å². The summed E-state index contributed by atoms with van der Waals surface area (Å²) in [5.74, 6) is 1.30. The molecule has 0 aliphatic rings. The second-order valence-corrected chi connectivity index (χ2v) is 11.1. The lowest BCUT2D eigenvalue weighted by atomic mass is 10.0. The van der Waals surface area contributed by atoms with E-state index < -0.39 is 22.5 Å². The van der Waals surface area contributed by atoms with Gasteiger partial charge in [-0.3, -0.25) is 9.10 Å². The number of carbonyl (C=O) groups is 1. The molecule has 38 heavy (non-hydrogen) atoms. The summed E-state index contributed by atoms with van der Waals surface area (Å²) in [6.45, 7) is 8.01. The lowest BCUT2D eigenvalue weighted by Gasteiger charge is -2.25. The molecule has 0 spiro atoms. The maximum atomic E-state index is 13.8. The lowest BCUT2D eigenvalue weighted by Crippen LogP contribution is -2.42. The molecule has 0 radical (unpaired) electrons. The van der Waals surface area contributed by atoms with E-state index in [9.17, 15) is 13.2 Å². The van der Waals surface area contributed by atoms with Gasteiger partial charge in [0.15, 0.2) is 11.5 Å². The van der Waals surface area contributed by atoms with E-state index >= 15 is 0 Å². The Morgan fingerprint density at radius 2 is 1.55 bits per heavy atom. The molecule has 0 aromatic heterocycles. The standard InChI is InChI=1S/C29H36N2O6S/c1-20(2)25-9-7-8-10-26(25)37-14-13-30-29(32)19-31(23-16-21(3)15-22(4)17-23)38(33,34)24-11-12-27(35-5)28(18-24)36-6/h7-12,15-18,20H,13-14,19H2,1-6H3,(H,30,32). The van der Waals surface area contributed by atoms with Crippen LogP contribution in [0.1, 0.15) is 36.5 Å². The van der Waals surface area contributed by atoms with Gasteiger partial charge in [0.25, 0.3) is 10.0 Å². The number of hydrogen-bond acceptors (Lipinski definition) is 6. The first-order valence-corrected chi connectivity index (χ1v) is 13.8. The summed E-state index contributed by atoms with van der Waals surface area (Å²) < 4.78 is 45.1. The Morgan fingerprint density at radius 3 is 2.18 bits per heavy atom. The van der Waals surface area contributed by atoms with E-state index in [2.05, 4.69) is 19.2 Å². The molecule has 204 valence electrons. The number of aryl methyl sites for hydroxylation is 2. The highest BCUT2D eigenvalue weighted by atomic mass is 32.2. The average Bonchev–Trinajstić information content (AvgIpc) is 2.88. The first-order valence-electron chi connectivity index (χ1n) is 12.4. The van der Waals surface area contributed by atoms with Crippen molar-refractivity contribution in [3.8, 4) is 17.2 Å². The minimum Gasteiger partial charge on any atom is -0.493 e. The van der Waals surface area contributed by atoms with Crippen LogP contribution in [0.3, 0.4) is 0 Å². The number of benzene rings is 3. The van der Waals surface area contributed by atoms with Gasteiger partial charge in [-0.25, -0.2) is 8.42 Å². The average molecular weight is 541 g/mol. The van der Waals surface area contributed by atoms with Gasteiger partial charge in [-0.15, -0.1) is 0 Å². The second kappa shape index (κ2) is 12.7. The van der Waals surface area contributed by atoms with Crippen molar-refractivity contribution in [3.63, 3.8) is 0 Å². The van der Waals surface area contributed by atoms with Crippen molar-refractivity contribution in [2.45, 2.75) is 38.5 Å². The molecule has 1 N–H and O–H groups in total. The fourth-order valence-electron chi connectivity index (χ4n) is 4.14. The number of para-hydroxylation sites is 1. The van der Waals surface area contributed by atoms with Crippen LogP contribution in [0.15, 0.2) is 65.6 Å². The van der Waals surface area contributed by atoms with Gasteiger partial charge in [0.05, 0.1) is 31.3 Å². The molecule has 0 aliphatic carbocycles. The largest absolute Gasteiger partial charge is 0.493 e. The van der Waals surface area contributed by atoms with Crippen molar-refractivity contribution in [2.24, 2.45) is 0 Å². The molecular weight excluding hydrogens is 504 g/mol. The highest BCUT2D eigenvalue weighted by Gasteiger charge is 2.28. The van der Waals surface area contributed by atoms with Gasteiger partial charge in [-0.2, -0.15) is 0 Å². The first-order chi connectivity index (χ1) is 18.1. The number of nitrogens with one attached hydrogen (secondary N) is 1. The van der Waals surface area contributed by atoms with E-state index in [1.54, 1.807) is 12.1 Å². The Balaban J connectivity index is 1.80. The summed E-state index contributed by atoms with van der Waals surface area (Å²) in [5.41, 5.74) is 3.24. The molecule has 0 saturated heterocycles. The smallest absolute Gasteiger partial charge is 0.264 e. The van der Waals surface area contributed by atoms with Crippen molar-refractivity contribution >= 4 is 21.6 Å². The molecule has 0 fully saturated rings. The molecule has 3 aromatic carbocycles. The Hall–Kier alpha value is -3.72. The first kappa shape index (κ1) is 28.8. The van der Waals surface area contributed by atoms with Crippen molar-refractivity contribution in [2.75, 3.05) is 38.2 Å². The van der Waals surface area contributed by atoms with Crippen molar-refractivity contribution in [3.05, 3.63) is 77.4 Å². The number of ether oxygens (including phenoxy) is 3. The summed E-state index contributed by atoms with van der Waals surface area (Å²) in [7, 11) is -1.21. The molecule has 0 atom stereocenters. The molecule has 0 saturated carbocycles. The molecule has 8 nitrogen and oxygen atoms in total. The van der Waals surface area contributed by atoms with E-state index in [0.717, 1.165) is 26.7 Å². The van der Waals surface area contributed by atoms with Crippen LogP contribution >= 0.6 is 0 Å². The van der Waals surface area contributed by atoms with Gasteiger partial charge < -0.3 is 19.5 Å². The summed E-state index contributed by atoms with van der Waals surface area (Å²) in [6.07, 6.45) is 0. The van der Waals surface area contributed by atoms with E-state index in [1.807, 2.05) is 44.2 Å². The number of sulfonamides is 1. The van der Waals surface area contributed by atoms with Crippen LogP contribution < -0.4 is 23.8 Å². The second-order valence-electron chi connectivity index (χ2n) is 9.27. The van der Waals surface area contributed by atoms with Crippen molar-refractivity contribution in [1.29, 1.82) is 0 Å². The normalized spacial score (nSPS) is 11.2. The van der Waals surface area contributed by atoms with Crippen LogP contribution in [-0.2, 0) is 14.8 Å². The molecule has 0 aliphatic heterocycles. The number of nitrogens with zero attached hydrogens (tertiary/aromatic N) is 1. The number of methoxy groups -OCH3 is 2. The number of carbonyl (C=O) groups excluding carboxylic acids is 1. The van der Waals surface area contributed by atoms with Crippen LogP contribution in [0.25, 0.3) is 0 Å². The van der Waals surface area contributed by atoms with E-state index in [1.165, 1.54) is 32.4 Å².